The highest BCUT2D eigenvalue weighted by Gasteiger charge is 2.23. The molecule has 168 valence electrons. The number of amides is 2. The Hall–Kier alpha value is -3.19. The van der Waals surface area contributed by atoms with Gasteiger partial charge in [-0.05, 0) is 43.9 Å². The lowest BCUT2D eigenvalue weighted by Crippen LogP contribution is -2.35. The molecule has 4 rings (SSSR count). The van der Waals surface area contributed by atoms with E-state index in [-0.39, 0.29) is 30.5 Å². The van der Waals surface area contributed by atoms with Crippen molar-refractivity contribution in [1.29, 1.82) is 0 Å². The van der Waals surface area contributed by atoms with Crippen molar-refractivity contribution < 1.29 is 14.3 Å². The zero-order valence-corrected chi connectivity index (χ0v) is 18.4. The maximum Gasteiger partial charge on any atom is 0.249 e. The highest BCUT2D eigenvalue weighted by Crippen LogP contribution is 2.18. The lowest BCUT2D eigenvalue weighted by molar-refractivity contribution is -0.130. The van der Waals surface area contributed by atoms with Gasteiger partial charge in [-0.1, -0.05) is 42.5 Å². The highest BCUT2D eigenvalue weighted by molar-refractivity contribution is 5.82. The van der Waals surface area contributed by atoms with E-state index in [0.717, 1.165) is 41.7 Å². The maximum atomic E-state index is 12.8. The Balaban J connectivity index is 1.38. The molecule has 0 spiro atoms. The van der Waals surface area contributed by atoms with Gasteiger partial charge in [0.1, 0.15) is 18.5 Å². The van der Waals surface area contributed by atoms with Crippen molar-refractivity contribution in [3.8, 4) is 0 Å². The van der Waals surface area contributed by atoms with Crippen LogP contribution in [0.25, 0.3) is 11.0 Å². The Morgan fingerprint density at radius 1 is 1.16 bits per heavy atom. The van der Waals surface area contributed by atoms with Gasteiger partial charge in [-0.2, -0.15) is 0 Å². The van der Waals surface area contributed by atoms with Gasteiger partial charge >= 0.3 is 0 Å². The third-order valence-electron chi connectivity index (χ3n) is 5.81. The minimum atomic E-state index is -0.310. The molecule has 0 saturated carbocycles. The molecule has 7 nitrogen and oxygen atoms in total. The van der Waals surface area contributed by atoms with Crippen molar-refractivity contribution in [2.75, 3.05) is 13.2 Å². The summed E-state index contributed by atoms with van der Waals surface area (Å²) in [6.07, 6.45) is 2.83. The van der Waals surface area contributed by atoms with E-state index < -0.39 is 0 Å². The molecule has 2 unspecified atom stereocenters. The molecule has 32 heavy (non-hydrogen) atoms. The second-order valence-electron chi connectivity index (χ2n) is 8.20. The van der Waals surface area contributed by atoms with Crippen molar-refractivity contribution >= 4 is 22.8 Å². The molecule has 0 radical (unpaired) electrons. The molecule has 2 atom stereocenters. The van der Waals surface area contributed by atoms with E-state index >= 15 is 0 Å². The van der Waals surface area contributed by atoms with E-state index in [1.165, 1.54) is 0 Å². The predicted octanol–water partition coefficient (Wildman–Crippen LogP) is 3.14. The number of nitrogens with one attached hydrogen (secondary N) is 2. The molecule has 0 aliphatic carbocycles. The number of benzene rings is 2. The number of ether oxygens (including phenoxy) is 1. The van der Waals surface area contributed by atoms with E-state index in [1.807, 2.05) is 66.1 Å². The zero-order chi connectivity index (χ0) is 22.3. The maximum absolute atomic E-state index is 12.8. The van der Waals surface area contributed by atoms with Gasteiger partial charge in [-0.25, -0.2) is 4.98 Å². The molecule has 1 saturated heterocycles. The second-order valence-corrected chi connectivity index (χ2v) is 8.20. The van der Waals surface area contributed by atoms with Crippen molar-refractivity contribution in [1.82, 2.24) is 20.2 Å². The second kappa shape index (κ2) is 10.4. The average molecular weight is 435 g/mol. The molecule has 1 fully saturated rings. The Morgan fingerprint density at radius 2 is 1.94 bits per heavy atom. The molecular weight excluding hydrogens is 404 g/mol. The number of carbonyl (C=O) groups excluding carboxylic acids is 2. The number of fused-ring (bicyclic) bond motifs is 1. The Bertz CT molecular complexity index is 1060. The number of aromatic nitrogens is 2. The third-order valence-corrected chi connectivity index (χ3v) is 5.81. The van der Waals surface area contributed by atoms with Gasteiger partial charge in [0.25, 0.3) is 0 Å². The molecule has 2 N–H and O–H groups in total. The summed E-state index contributed by atoms with van der Waals surface area (Å²) >= 11 is 0. The standard InChI is InChI=1S/C25H30N4O3/c1-18(19-9-3-2-4-10-19)27-24(30)17-29-21-12-6-5-11-20(21)28-23(29)14-7-15-26-25(31)22-13-8-16-32-22/h2-6,9-12,18,22H,7-8,13-17H2,1H3,(H,26,31)(H,27,30). The molecule has 2 amide bonds. The van der Waals surface area contributed by atoms with Gasteiger partial charge in [-0.3, -0.25) is 9.59 Å². The first-order valence-electron chi connectivity index (χ1n) is 11.3. The summed E-state index contributed by atoms with van der Waals surface area (Å²) in [7, 11) is 0. The summed E-state index contributed by atoms with van der Waals surface area (Å²) in [6, 6.07) is 17.7. The summed E-state index contributed by atoms with van der Waals surface area (Å²) in [5.41, 5.74) is 2.88. The highest BCUT2D eigenvalue weighted by atomic mass is 16.5. The van der Waals surface area contributed by atoms with Crippen molar-refractivity contribution in [2.45, 2.75) is 51.3 Å². The van der Waals surface area contributed by atoms with Gasteiger partial charge in [-0.15, -0.1) is 0 Å². The van der Waals surface area contributed by atoms with E-state index in [1.54, 1.807) is 0 Å². The fourth-order valence-electron chi connectivity index (χ4n) is 4.10. The fraction of sp³-hybridized carbons (Fsp3) is 0.400. The first-order valence-corrected chi connectivity index (χ1v) is 11.3. The first kappa shape index (κ1) is 22.0. The predicted molar refractivity (Wildman–Crippen MR) is 123 cm³/mol. The molecule has 7 heteroatoms. The molecule has 2 heterocycles. The van der Waals surface area contributed by atoms with Crippen molar-refractivity contribution in [3.63, 3.8) is 0 Å². The molecule has 3 aromatic rings. The van der Waals surface area contributed by atoms with Crippen LogP contribution in [0, 0.1) is 0 Å². The summed E-state index contributed by atoms with van der Waals surface area (Å²) < 4.78 is 7.40. The lowest BCUT2D eigenvalue weighted by atomic mass is 10.1. The van der Waals surface area contributed by atoms with E-state index in [0.29, 0.717) is 19.6 Å². The van der Waals surface area contributed by atoms with Crippen LogP contribution in [0.2, 0.25) is 0 Å². The van der Waals surface area contributed by atoms with Gasteiger partial charge in [0.2, 0.25) is 11.8 Å². The number of imidazole rings is 1. The average Bonchev–Trinajstić information content (AvgIpc) is 3.46. The van der Waals surface area contributed by atoms with Crippen LogP contribution in [0.4, 0.5) is 0 Å². The normalized spacial score (nSPS) is 16.7. The van der Waals surface area contributed by atoms with Crippen LogP contribution in [0.5, 0.6) is 0 Å². The first-order chi connectivity index (χ1) is 15.6. The fourth-order valence-corrected chi connectivity index (χ4v) is 4.10. The SMILES string of the molecule is CC(NC(=O)Cn1c(CCCNC(=O)C2CCCO2)nc2ccccc21)c1ccccc1. The molecular formula is C25H30N4O3. The summed E-state index contributed by atoms with van der Waals surface area (Å²) in [6.45, 7) is 3.40. The number of nitrogens with zero attached hydrogens (tertiary/aromatic N) is 2. The van der Waals surface area contributed by atoms with E-state index in [4.69, 9.17) is 9.72 Å². The van der Waals surface area contributed by atoms with Crippen LogP contribution < -0.4 is 10.6 Å². The van der Waals surface area contributed by atoms with Crippen LogP contribution >= 0.6 is 0 Å². The third kappa shape index (κ3) is 5.34. The Kier molecular flexibility index (Phi) is 7.17. The number of carbonyl (C=O) groups is 2. The zero-order valence-electron chi connectivity index (χ0n) is 18.4. The van der Waals surface area contributed by atoms with Crippen LogP contribution in [-0.4, -0.2) is 40.6 Å². The number of aryl methyl sites for hydroxylation is 1. The molecule has 1 aliphatic rings. The van der Waals surface area contributed by atoms with Crippen LogP contribution in [0.3, 0.4) is 0 Å². The van der Waals surface area contributed by atoms with Crippen molar-refractivity contribution in [2.24, 2.45) is 0 Å². The van der Waals surface area contributed by atoms with Gasteiger partial charge < -0.3 is 19.9 Å². The van der Waals surface area contributed by atoms with Gasteiger partial charge in [0, 0.05) is 19.6 Å². The van der Waals surface area contributed by atoms with Crippen molar-refractivity contribution in [3.05, 3.63) is 66.0 Å². The Labute approximate surface area is 188 Å². The lowest BCUT2D eigenvalue weighted by Gasteiger charge is -2.16. The molecule has 0 bridgehead atoms. The van der Waals surface area contributed by atoms with E-state index in [2.05, 4.69) is 10.6 Å². The smallest absolute Gasteiger partial charge is 0.249 e. The topological polar surface area (TPSA) is 85.2 Å². The number of hydrogen-bond acceptors (Lipinski definition) is 4. The summed E-state index contributed by atoms with van der Waals surface area (Å²) in [5, 5.41) is 6.03. The minimum absolute atomic E-state index is 0.0368. The molecule has 1 aliphatic heterocycles. The van der Waals surface area contributed by atoms with Crippen LogP contribution in [0.1, 0.15) is 43.6 Å². The summed E-state index contributed by atoms with van der Waals surface area (Å²) in [4.78, 5) is 29.7. The number of hydrogen-bond donors (Lipinski definition) is 2. The van der Waals surface area contributed by atoms with Crippen LogP contribution in [0.15, 0.2) is 54.6 Å². The molecule has 1 aromatic heterocycles. The number of rotatable bonds is 9. The molecule has 2 aromatic carbocycles. The van der Waals surface area contributed by atoms with Gasteiger partial charge in [0.05, 0.1) is 17.1 Å². The monoisotopic (exact) mass is 434 g/mol. The number of para-hydroxylation sites is 2. The van der Waals surface area contributed by atoms with Gasteiger partial charge in [0.15, 0.2) is 0 Å². The minimum Gasteiger partial charge on any atom is -0.368 e. The van der Waals surface area contributed by atoms with Crippen LogP contribution in [-0.2, 0) is 27.3 Å². The largest absolute Gasteiger partial charge is 0.368 e. The quantitative estimate of drug-likeness (QED) is 0.507. The van der Waals surface area contributed by atoms with E-state index in [9.17, 15) is 9.59 Å². The Morgan fingerprint density at radius 3 is 2.72 bits per heavy atom. The summed E-state index contributed by atoms with van der Waals surface area (Å²) in [5.74, 6) is 0.753.